The summed E-state index contributed by atoms with van der Waals surface area (Å²) in [4.78, 5) is 4.04. The maximum Gasteiger partial charge on any atom is 0.139 e. The van der Waals surface area contributed by atoms with Crippen LogP contribution in [0.25, 0.3) is 0 Å². The van der Waals surface area contributed by atoms with E-state index in [-0.39, 0.29) is 0 Å². The van der Waals surface area contributed by atoms with E-state index in [2.05, 4.69) is 0 Å². The molecule has 1 aliphatic heterocycles. The zero-order valence-corrected chi connectivity index (χ0v) is 7.51. The molecule has 0 fully saturated rings. The minimum Gasteiger partial charge on any atom is -0.506 e. The topological polar surface area (TPSA) is 26.7 Å². The highest BCUT2D eigenvalue weighted by Gasteiger charge is 2.12. The van der Waals surface area contributed by atoms with Crippen molar-refractivity contribution in [1.29, 1.82) is 0 Å². The lowest BCUT2D eigenvalue weighted by Crippen LogP contribution is -2.21. The molecule has 0 aromatic heterocycles. The first-order valence-corrected chi connectivity index (χ1v) is 4.20. The van der Waals surface area contributed by atoms with Gasteiger partial charge in [0.1, 0.15) is 5.75 Å². The van der Waals surface area contributed by atoms with Gasteiger partial charge in [-0.1, -0.05) is 12.1 Å². The Labute approximate surface area is 77.5 Å². The van der Waals surface area contributed by atoms with Crippen LogP contribution in [0.2, 0.25) is 0 Å². The lowest BCUT2D eigenvalue weighted by molar-refractivity contribution is 0.466. The minimum absolute atomic E-state index is 0.322. The summed E-state index contributed by atoms with van der Waals surface area (Å²) in [6, 6.07) is 7.34. The van der Waals surface area contributed by atoms with Gasteiger partial charge in [0.2, 0.25) is 0 Å². The molecular weight excluding hydrogens is 164 g/mol. The van der Waals surface area contributed by atoms with Crippen LogP contribution in [0.5, 0.6) is 5.75 Å². The van der Waals surface area contributed by atoms with Crippen LogP contribution < -0.4 is 4.90 Å². The highest BCUT2D eigenvalue weighted by Crippen LogP contribution is 2.28. The lowest BCUT2D eigenvalue weighted by Gasteiger charge is -2.18. The first-order valence-electron chi connectivity index (χ1n) is 4.20. The van der Waals surface area contributed by atoms with E-state index in [9.17, 15) is 5.11 Å². The third-order valence-corrected chi connectivity index (χ3v) is 2.07. The fourth-order valence-corrected chi connectivity index (χ4v) is 1.39. The van der Waals surface area contributed by atoms with Gasteiger partial charge in [0.05, 0.1) is 12.4 Å². The van der Waals surface area contributed by atoms with E-state index in [4.69, 9.17) is 0 Å². The Kier molecular flexibility index (Phi) is 1.85. The largest absolute Gasteiger partial charge is 0.506 e. The molecule has 0 amide bonds. The minimum atomic E-state index is 0.322. The van der Waals surface area contributed by atoms with E-state index < -0.39 is 0 Å². The Morgan fingerprint density at radius 2 is 2.00 bits per heavy atom. The van der Waals surface area contributed by atoms with Gasteiger partial charge in [-0.3, -0.25) is 0 Å². The summed E-state index contributed by atoms with van der Waals surface area (Å²) in [7, 11) is 2.00. The molecule has 68 valence electrons. The predicted molar refractivity (Wildman–Crippen MR) is 52.4 cm³/mol. The number of para-hydroxylation sites is 2. The SMILES string of the molecule is CN1C=CN(c2ccccc2O)C1. The van der Waals surface area contributed by atoms with Gasteiger partial charge in [0.15, 0.2) is 0 Å². The number of phenolic OH excluding ortho intramolecular Hbond substituents is 1. The van der Waals surface area contributed by atoms with E-state index >= 15 is 0 Å². The van der Waals surface area contributed by atoms with Crippen LogP contribution in [0.4, 0.5) is 5.69 Å². The lowest BCUT2D eigenvalue weighted by atomic mass is 10.3. The second kappa shape index (κ2) is 3.01. The smallest absolute Gasteiger partial charge is 0.139 e. The summed E-state index contributed by atoms with van der Waals surface area (Å²) in [6.07, 6.45) is 3.93. The third kappa shape index (κ3) is 1.45. The van der Waals surface area contributed by atoms with Crippen LogP contribution in [0, 0.1) is 0 Å². The van der Waals surface area contributed by atoms with Gasteiger partial charge >= 0.3 is 0 Å². The van der Waals surface area contributed by atoms with Crippen molar-refractivity contribution in [2.45, 2.75) is 0 Å². The Morgan fingerprint density at radius 1 is 1.23 bits per heavy atom. The molecule has 0 saturated heterocycles. The standard InChI is InChI=1S/C10H12N2O/c1-11-6-7-12(8-11)9-4-2-3-5-10(9)13/h2-7,13H,8H2,1H3. The summed E-state index contributed by atoms with van der Waals surface area (Å²) in [6.45, 7) is 0.789. The molecule has 1 aromatic carbocycles. The van der Waals surface area contributed by atoms with Crippen molar-refractivity contribution < 1.29 is 5.11 Å². The summed E-state index contributed by atoms with van der Waals surface area (Å²) in [5.41, 5.74) is 0.850. The predicted octanol–water partition coefficient (Wildman–Crippen LogP) is 1.57. The van der Waals surface area contributed by atoms with Crippen molar-refractivity contribution in [3.05, 3.63) is 36.7 Å². The molecule has 3 heteroatoms. The van der Waals surface area contributed by atoms with Gasteiger partial charge in [-0.05, 0) is 12.1 Å². The number of nitrogens with zero attached hydrogens (tertiary/aromatic N) is 2. The Bertz CT molecular complexity index is 335. The maximum atomic E-state index is 9.56. The molecular formula is C10H12N2O. The number of anilines is 1. The van der Waals surface area contributed by atoms with Gasteiger partial charge in [-0.25, -0.2) is 0 Å². The molecule has 0 saturated carbocycles. The molecule has 13 heavy (non-hydrogen) atoms. The average molecular weight is 176 g/mol. The second-order valence-electron chi connectivity index (χ2n) is 3.16. The fraction of sp³-hybridized carbons (Fsp3) is 0.200. The summed E-state index contributed by atoms with van der Waals surface area (Å²) >= 11 is 0. The number of phenols is 1. The van der Waals surface area contributed by atoms with Gasteiger partial charge in [0, 0.05) is 19.4 Å². The van der Waals surface area contributed by atoms with Crippen molar-refractivity contribution >= 4 is 5.69 Å². The van der Waals surface area contributed by atoms with Gasteiger partial charge in [-0.2, -0.15) is 0 Å². The molecule has 1 heterocycles. The third-order valence-electron chi connectivity index (χ3n) is 2.07. The van der Waals surface area contributed by atoms with Crippen LogP contribution in [-0.4, -0.2) is 23.7 Å². The average Bonchev–Trinajstić information content (AvgIpc) is 2.53. The zero-order chi connectivity index (χ0) is 9.26. The van der Waals surface area contributed by atoms with Crippen molar-refractivity contribution in [2.24, 2.45) is 0 Å². The van der Waals surface area contributed by atoms with Gasteiger partial charge in [0.25, 0.3) is 0 Å². The molecule has 1 aliphatic rings. The quantitative estimate of drug-likeness (QED) is 0.703. The number of hydrogen-bond donors (Lipinski definition) is 1. The molecule has 0 radical (unpaired) electrons. The molecule has 2 rings (SSSR count). The van der Waals surface area contributed by atoms with E-state index in [0.717, 1.165) is 12.4 Å². The summed E-state index contributed by atoms with van der Waals surface area (Å²) in [5.74, 6) is 0.322. The molecule has 3 nitrogen and oxygen atoms in total. The Morgan fingerprint density at radius 3 is 2.62 bits per heavy atom. The zero-order valence-electron chi connectivity index (χ0n) is 7.51. The maximum absolute atomic E-state index is 9.56. The Balaban J connectivity index is 2.27. The van der Waals surface area contributed by atoms with Crippen LogP contribution in [0.15, 0.2) is 36.7 Å². The van der Waals surface area contributed by atoms with Crippen molar-refractivity contribution in [2.75, 3.05) is 18.6 Å². The molecule has 0 aliphatic carbocycles. The molecule has 0 spiro atoms. The summed E-state index contributed by atoms with van der Waals surface area (Å²) < 4.78 is 0. The highest BCUT2D eigenvalue weighted by molar-refractivity contribution is 5.60. The molecule has 0 unspecified atom stereocenters. The first-order chi connectivity index (χ1) is 6.27. The monoisotopic (exact) mass is 176 g/mol. The van der Waals surface area contributed by atoms with Crippen LogP contribution in [0.1, 0.15) is 0 Å². The second-order valence-corrected chi connectivity index (χ2v) is 3.16. The van der Waals surface area contributed by atoms with Crippen molar-refractivity contribution in [3.8, 4) is 5.75 Å². The summed E-state index contributed by atoms with van der Waals surface area (Å²) in [5, 5.41) is 9.56. The van der Waals surface area contributed by atoms with Crippen molar-refractivity contribution in [1.82, 2.24) is 4.90 Å². The van der Waals surface area contributed by atoms with E-state index in [1.54, 1.807) is 6.07 Å². The number of benzene rings is 1. The highest BCUT2D eigenvalue weighted by atomic mass is 16.3. The normalized spacial score (nSPS) is 15.5. The van der Waals surface area contributed by atoms with Gasteiger partial charge in [-0.15, -0.1) is 0 Å². The Hall–Kier alpha value is -1.64. The molecule has 1 N–H and O–H groups in total. The number of hydrogen-bond acceptors (Lipinski definition) is 3. The van der Waals surface area contributed by atoms with E-state index in [1.165, 1.54) is 0 Å². The number of aromatic hydroxyl groups is 1. The first kappa shape index (κ1) is 7.98. The fourth-order valence-electron chi connectivity index (χ4n) is 1.39. The van der Waals surface area contributed by atoms with Crippen molar-refractivity contribution in [3.63, 3.8) is 0 Å². The molecule has 0 atom stereocenters. The van der Waals surface area contributed by atoms with Crippen LogP contribution in [-0.2, 0) is 0 Å². The van der Waals surface area contributed by atoms with Crippen LogP contribution >= 0.6 is 0 Å². The number of rotatable bonds is 1. The van der Waals surface area contributed by atoms with E-state index in [0.29, 0.717) is 5.75 Å². The van der Waals surface area contributed by atoms with Crippen LogP contribution in [0.3, 0.4) is 0 Å². The van der Waals surface area contributed by atoms with Gasteiger partial charge < -0.3 is 14.9 Å². The van der Waals surface area contributed by atoms with E-state index in [1.807, 2.05) is 47.4 Å². The molecule has 0 bridgehead atoms. The molecule has 1 aromatic rings.